The number of nitrogens with zero attached hydrogens (tertiary/aromatic N) is 1. The molecule has 5 heteroatoms. The number of nitrogens with one attached hydrogen (secondary N) is 1. The van der Waals surface area contributed by atoms with Crippen LogP contribution < -0.4 is 15.8 Å². The first-order chi connectivity index (χ1) is 9.60. The van der Waals surface area contributed by atoms with Crippen LogP contribution in [0.25, 0.3) is 0 Å². The maximum Gasteiger partial charge on any atom is 0.251 e. The van der Waals surface area contributed by atoms with Gasteiger partial charge in [0.2, 0.25) is 0 Å². The van der Waals surface area contributed by atoms with Crippen molar-refractivity contribution in [3.8, 4) is 5.75 Å². The molecule has 5 nitrogen and oxygen atoms in total. The summed E-state index contributed by atoms with van der Waals surface area (Å²) in [6, 6.07) is 8.56. The molecule has 104 valence electrons. The zero-order valence-corrected chi connectivity index (χ0v) is 11.5. The van der Waals surface area contributed by atoms with Crippen LogP contribution in [0.5, 0.6) is 5.75 Å². The monoisotopic (exact) mass is 271 g/mol. The number of carbonyl (C=O) groups is 1. The van der Waals surface area contributed by atoms with Gasteiger partial charge in [0.15, 0.2) is 0 Å². The number of benzene rings is 1. The van der Waals surface area contributed by atoms with Gasteiger partial charge in [0.25, 0.3) is 5.91 Å². The molecule has 3 N–H and O–H groups in total. The van der Waals surface area contributed by atoms with Gasteiger partial charge in [-0.25, -0.2) is 0 Å². The maximum atomic E-state index is 12.2. The van der Waals surface area contributed by atoms with Gasteiger partial charge in [-0.05, 0) is 30.7 Å². The average Bonchev–Trinajstić information content (AvgIpc) is 2.47. The van der Waals surface area contributed by atoms with Gasteiger partial charge in [0.05, 0.1) is 13.2 Å². The van der Waals surface area contributed by atoms with Crippen molar-refractivity contribution < 1.29 is 9.53 Å². The summed E-state index contributed by atoms with van der Waals surface area (Å²) in [4.78, 5) is 16.2. The van der Waals surface area contributed by atoms with E-state index in [2.05, 4.69) is 10.3 Å². The molecule has 0 spiro atoms. The second kappa shape index (κ2) is 6.06. The SMILES string of the molecule is COc1cc(N)cc(C(=O)NC(C)c2cccnc2)c1. The number of hydrogen-bond donors (Lipinski definition) is 2. The van der Waals surface area contributed by atoms with Gasteiger partial charge >= 0.3 is 0 Å². The van der Waals surface area contributed by atoms with Crippen LogP contribution in [0.15, 0.2) is 42.7 Å². The van der Waals surface area contributed by atoms with E-state index in [1.54, 1.807) is 30.6 Å². The average molecular weight is 271 g/mol. The third kappa shape index (κ3) is 3.26. The Morgan fingerprint density at radius 2 is 2.20 bits per heavy atom. The highest BCUT2D eigenvalue weighted by Crippen LogP contribution is 2.19. The number of aromatic nitrogens is 1. The molecule has 20 heavy (non-hydrogen) atoms. The van der Waals surface area contributed by atoms with E-state index < -0.39 is 0 Å². The number of rotatable bonds is 4. The summed E-state index contributed by atoms with van der Waals surface area (Å²) in [5, 5.41) is 2.90. The van der Waals surface area contributed by atoms with Crippen molar-refractivity contribution in [3.63, 3.8) is 0 Å². The minimum atomic E-state index is -0.202. The van der Waals surface area contributed by atoms with Crippen molar-refractivity contribution in [1.29, 1.82) is 0 Å². The zero-order chi connectivity index (χ0) is 14.5. The molecular weight excluding hydrogens is 254 g/mol. The van der Waals surface area contributed by atoms with E-state index in [4.69, 9.17) is 10.5 Å². The molecule has 0 saturated heterocycles. The lowest BCUT2D eigenvalue weighted by molar-refractivity contribution is 0.0939. The van der Waals surface area contributed by atoms with E-state index in [1.165, 1.54) is 7.11 Å². The van der Waals surface area contributed by atoms with Crippen LogP contribution in [-0.2, 0) is 0 Å². The molecule has 1 unspecified atom stereocenters. The lowest BCUT2D eigenvalue weighted by atomic mass is 10.1. The second-order valence-electron chi connectivity index (χ2n) is 4.48. The molecule has 0 radical (unpaired) electrons. The Labute approximate surface area is 117 Å². The van der Waals surface area contributed by atoms with Crippen LogP contribution in [0.1, 0.15) is 28.9 Å². The molecule has 1 aromatic carbocycles. The minimum Gasteiger partial charge on any atom is -0.497 e. The van der Waals surface area contributed by atoms with Gasteiger partial charge in [-0.15, -0.1) is 0 Å². The number of amides is 1. The fraction of sp³-hybridized carbons (Fsp3) is 0.200. The first-order valence-corrected chi connectivity index (χ1v) is 6.25. The molecule has 0 aliphatic carbocycles. The van der Waals surface area contributed by atoms with Gasteiger partial charge in [-0.2, -0.15) is 0 Å². The largest absolute Gasteiger partial charge is 0.497 e. The molecule has 2 aromatic rings. The van der Waals surface area contributed by atoms with Gasteiger partial charge < -0.3 is 15.8 Å². The van der Waals surface area contributed by atoms with E-state index in [9.17, 15) is 4.79 Å². The molecule has 2 rings (SSSR count). The van der Waals surface area contributed by atoms with Crippen LogP contribution in [0.4, 0.5) is 5.69 Å². The molecule has 0 aliphatic rings. The molecule has 0 saturated carbocycles. The van der Waals surface area contributed by atoms with E-state index >= 15 is 0 Å². The second-order valence-corrected chi connectivity index (χ2v) is 4.48. The molecule has 1 aromatic heterocycles. The first-order valence-electron chi connectivity index (χ1n) is 6.25. The molecular formula is C15H17N3O2. The van der Waals surface area contributed by atoms with Crippen molar-refractivity contribution in [3.05, 3.63) is 53.9 Å². The highest BCUT2D eigenvalue weighted by molar-refractivity contribution is 5.95. The molecule has 1 heterocycles. The van der Waals surface area contributed by atoms with Crippen LogP contribution in [0.3, 0.4) is 0 Å². The normalized spacial score (nSPS) is 11.7. The standard InChI is InChI=1S/C15H17N3O2/c1-10(11-4-3-5-17-9-11)18-15(19)12-6-13(16)8-14(7-12)20-2/h3-10H,16H2,1-2H3,(H,18,19). The summed E-state index contributed by atoms with van der Waals surface area (Å²) < 4.78 is 5.11. The third-order valence-corrected chi connectivity index (χ3v) is 2.96. The summed E-state index contributed by atoms with van der Waals surface area (Å²) in [6.07, 6.45) is 3.42. The Kier molecular flexibility index (Phi) is 4.20. The van der Waals surface area contributed by atoms with Crippen molar-refractivity contribution >= 4 is 11.6 Å². The fourth-order valence-electron chi connectivity index (χ4n) is 1.87. The van der Waals surface area contributed by atoms with Gasteiger partial charge in [0.1, 0.15) is 5.75 Å². The van der Waals surface area contributed by atoms with Crippen LogP contribution in [0.2, 0.25) is 0 Å². The van der Waals surface area contributed by atoms with Crippen molar-refractivity contribution in [1.82, 2.24) is 10.3 Å². The number of ether oxygens (including phenoxy) is 1. The van der Waals surface area contributed by atoms with Crippen LogP contribution in [-0.4, -0.2) is 18.0 Å². The highest BCUT2D eigenvalue weighted by Gasteiger charge is 2.13. The number of hydrogen-bond acceptors (Lipinski definition) is 4. The van der Waals surface area contributed by atoms with Gasteiger partial charge in [-0.1, -0.05) is 6.07 Å². The van der Waals surface area contributed by atoms with Crippen molar-refractivity contribution in [2.45, 2.75) is 13.0 Å². The quantitative estimate of drug-likeness (QED) is 0.835. The van der Waals surface area contributed by atoms with Crippen molar-refractivity contribution in [2.75, 3.05) is 12.8 Å². The zero-order valence-electron chi connectivity index (χ0n) is 11.5. The van der Waals surface area contributed by atoms with E-state index in [0.717, 1.165) is 5.56 Å². The third-order valence-electron chi connectivity index (χ3n) is 2.96. The Bertz CT molecular complexity index is 599. The summed E-state index contributed by atoms with van der Waals surface area (Å²) in [5.41, 5.74) is 7.65. The first kappa shape index (κ1) is 13.9. The lowest BCUT2D eigenvalue weighted by Gasteiger charge is -2.14. The fourth-order valence-corrected chi connectivity index (χ4v) is 1.87. The number of anilines is 1. The summed E-state index contributed by atoms with van der Waals surface area (Å²) in [7, 11) is 1.54. The van der Waals surface area contributed by atoms with Gasteiger partial charge in [-0.3, -0.25) is 9.78 Å². The maximum absolute atomic E-state index is 12.2. The minimum absolute atomic E-state index is 0.136. The number of methoxy groups -OCH3 is 1. The van der Waals surface area contributed by atoms with E-state index in [1.807, 2.05) is 19.1 Å². The molecule has 0 fully saturated rings. The van der Waals surface area contributed by atoms with Crippen molar-refractivity contribution in [2.24, 2.45) is 0 Å². The number of nitrogens with two attached hydrogens (primary N) is 1. The molecule has 1 atom stereocenters. The van der Waals surface area contributed by atoms with Crippen LogP contribution >= 0.6 is 0 Å². The number of nitrogen functional groups attached to an aromatic ring is 1. The number of pyridine rings is 1. The van der Waals surface area contributed by atoms with Gasteiger partial charge in [0, 0.05) is 29.7 Å². The summed E-state index contributed by atoms with van der Waals surface area (Å²) in [6.45, 7) is 1.90. The lowest BCUT2D eigenvalue weighted by Crippen LogP contribution is -2.26. The Morgan fingerprint density at radius 1 is 1.40 bits per heavy atom. The molecule has 0 bridgehead atoms. The summed E-state index contributed by atoms with van der Waals surface area (Å²) >= 11 is 0. The number of carbonyl (C=O) groups excluding carboxylic acids is 1. The topological polar surface area (TPSA) is 77.2 Å². The Morgan fingerprint density at radius 3 is 2.85 bits per heavy atom. The molecule has 0 aliphatic heterocycles. The van der Waals surface area contributed by atoms with E-state index in [0.29, 0.717) is 17.0 Å². The smallest absolute Gasteiger partial charge is 0.251 e. The Hall–Kier alpha value is -2.56. The van der Waals surface area contributed by atoms with Crippen LogP contribution in [0, 0.1) is 0 Å². The summed E-state index contributed by atoms with van der Waals surface area (Å²) in [5.74, 6) is 0.358. The Balaban J connectivity index is 2.14. The molecule has 1 amide bonds. The van der Waals surface area contributed by atoms with E-state index in [-0.39, 0.29) is 11.9 Å². The highest BCUT2D eigenvalue weighted by atomic mass is 16.5. The predicted molar refractivity (Wildman–Crippen MR) is 77.5 cm³/mol. The predicted octanol–water partition coefficient (Wildman–Crippen LogP) is 2.16.